The number of hydrogen-bond donors (Lipinski definition) is 4. The number of carbonyl (C=O) groups is 2. The second-order valence-corrected chi connectivity index (χ2v) is 9.95. The minimum atomic E-state index is -2.03. The van der Waals surface area contributed by atoms with Crippen molar-refractivity contribution in [3.05, 3.63) is 39.4 Å². The zero-order valence-corrected chi connectivity index (χ0v) is 19.7. The van der Waals surface area contributed by atoms with Crippen molar-refractivity contribution in [3.63, 3.8) is 0 Å². The maximum absolute atomic E-state index is 12.7. The van der Waals surface area contributed by atoms with Gasteiger partial charge >= 0.3 is 6.03 Å². The largest absolute Gasteiger partial charge is 0.587 e. The van der Waals surface area contributed by atoms with Gasteiger partial charge in [-0.25, -0.2) is 4.79 Å². The Kier molecular flexibility index (Phi) is 7.26. The molecule has 1 aromatic carbocycles. The van der Waals surface area contributed by atoms with E-state index < -0.39 is 23.5 Å². The molecule has 1 heterocycles. The second kappa shape index (κ2) is 10.1. The van der Waals surface area contributed by atoms with Gasteiger partial charge in [0.25, 0.3) is 5.91 Å². The number of urea groups is 1. The molecule has 3 amide bonds. The number of rotatable bonds is 5. The molecule has 3 aliphatic rings. The van der Waals surface area contributed by atoms with Gasteiger partial charge in [0.05, 0.1) is 6.10 Å². The summed E-state index contributed by atoms with van der Waals surface area (Å²) in [5.74, 6) is -0.343. The minimum absolute atomic E-state index is 0.0538. The van der Waals surface area contributed by atoms with E-state index in [0.29, 0.717) is 25.9 Å². The number of piperidine rings is 1. The fourth-order valence-corrected chi connectivity index (χ4v) is 5.45. The summed E-state index contributed by atoms with van der Waals surface area (Å²) in [5.41, 5.74) is 11.8. The maximum Gasteiger partial charge on any atom is 0.361 e. The lowest BCUT2D eigenvalue weighted by molar-refractivity contribution is -0.125. The number of nitrogens with zero attached hydrogens (tertiary/aromatic N) is 2. The molecule has 1 fully saturated rings. The van der Waals surface area contributed by atoms with Crippen LogP contribution >= 0.6 is 0 Å². The van der Waals surface area contributed by atoms with Crippen molar-refractivity contribution in [3.8, 4) is 0 Å². The molecule has 1 aliphatic heterocycles. The number of benzene rings is 1. The number of anilines is 1. The van der Waals surface area contributed by atoms with Crippen molar-refractivity contribution in [2.24, 2.45) is 10.7 Å². The molecule has 2 aliphatic carbocycles. The van der Waals surface area contributed by atoms with E-state index in [-0.39, 0.29) is 16.6 Å². The standard InChI is InChI=1S/C23H31N5O4S/c1-25-19(22(30)28-10-8-16(29)9-11-28)13-20(24)33(32)27-23(31)26-21-17-6-2-4-14(17)12-15-5-3-7-18(15)21/h12-13,16,29H,2-11,24H2,1H3,(H2,26,27,31). The Hall–Kier alpha value is -2.56. The summed E-state index contributed by atoms with van der Waals surface area (Å²) in [6, 6.07) is 1.68. The summed E-state index contributed by atoms with van der Waals surface area (Å²) in [7, 11) is 1.45. The van der Waals surface area contributed by atoms with Crippen LogP contribution in [-0.2, 0) is 41.8 Å². The molecule has 1 aromatic rings. The van der Waals surface area contributed by atoms with E-state index in [0.717, 1.165) is 44.2 Å². The topological polar surface area (TPSA) is 143 Å². The summed E-state index contributed by atoms with van der Waals surface area (Å²) in [6.45, 7) is 0.838. The summed E-state index contributed by atoms with van der Waals surface area (Å²) in [5, 5.41) is 12.4. The van der Waals surface area contributed by atoms with E-state index in [1.165, 1.54) is 35.4 Å². The quantitative estimate of drug-likeness (QED) is 0.377. The molecule has 0 aromatic heterocycles. The molecule has 1 atom stereocenters. The number of aliphatic hydroxyl groups is 1. The van der Waals surface area contributed by atoms with Gasteiger partial charge in [-0.2, -0.15) is 0 Å². The molecule has 1 saturated heterocycles. The average molecular weight is 474 g/mol. The lowest BCUT2D eigenvalue weighted by Crippen LogP contribution is -2.43. The Morgan fingerprint density at radius 2 is 1.79 bits per heavy atom. The molecule has 9 nitrogen and oxygen atoms in total. The highest BCUT2D eigenvalue weighted by Crippen LogP contribution is 2.38. The number of likely N-dealkylation sites (tertiary alicyclic amines) is 1. The highest BCUT2D eigenvalue weighted by atomic mass is 32.2. The normalized spacial score (nSPS) is 19.8. The Morgan fingerprint density at radius 3 is 2.36 bits per heavy atom. The molecule has 1 unspecified atom stereocenters. The summed E-state index contributed by atoms with van der Waals surface area (Å²) in [6.07, 6.45) is 7.86. The summed E-state index contributed by atoms with van der Waals surface area (Å²) < 4.78 is 15.0. The second-order valence-electron chi connectivity index (χ2n) is 8.74. The molecule has 10 heteroatoms. The Morgan fingerprint density at radius 1 is 1.18 bits per heavy atom. The van der Waals surface area contributed by atoms with Crippen molar-refractivity contribution < 1.29 is 19.2 Å². The molecular formula is C23H31N5O4S. The number of fused-ring (bicyclic) bond motifs is 2. The Labute approximate surface area is 196 Å². The van der Waals surface area contributed by atoms with E-state index in [4.69, 9.17) is 5.73 Å². The number of amides is 3. The van der Waals surface area contributed by atoms with Crippen LogP contribution in [0.25, 0.3) is 0 Å². The van der Waals surface area contributed by atoms with Crippen molar-refractivity contribution in [1.29, 1.82) is 0 Å². The number of carbonyl (C=O) groups excluding carboxylic acids is 2. The van der Waals surface area contributed by atoms with E-state index >= 15 is 0 Å². The van der Waals surface area contributed by atoms with Gasteiger partial charge in [0, 0.05) is 31.9 Å². The number of hydrogen-bond acceptors (Lipinski definition) is 6. The van der Waals surface area contributed by atoms with Crippen molar-refractivity contribution in [2.45, 2.75) is 57.5 Å². The zero-order valence-electron chi connectivity index (χ0n) is 18.9. The highest BCUT2D eigenvalue weighted by Gasteiger charge is 2.28. The SMILES string of the molecule is CN=C(C=C(N)[S+]([O-])NC(=O)Nc1c2c(cc3c1CCC3)CCC2)C(=O)N1CCC(O)CC1. The number of aryl methyl sites for hydroxylation is 2. The van der Waals surface area contributed by atoms with Gasteiger partial charge in [-0.3, -0.25) is 9.79 Å². The van der Waals surface area contributed by atoms with Gasteiger partial charge in [0.15, 0.2) is 0 Å². The van der Waals surface area contributed by atoms with Crippen molar-refractivity contribution >= 4 is 34.7 Å². The van der Waals surface area contributed by atoms with Crippen LogP contribution in [0.1, 0.15) is 47.9 Å². The van der Waals surface area contributed by atoms with Crippen molar-refractivity contribution in [2.75, 3.05) is 25.5 Å². The fourth-order valence-electron chi connectivity index (χ4n) is 4.89. The predicted molar refractivity (Wildman–Crippen MR) is 128 cm³/mol. The Balaban J connectivity index is 1.41. The molecule has 178 valence electrons. The maximum atomic E-state index is 12.7. The number of nitrogens with one attached hydrogen (secondary N) is 2. The lowest BCUT2D eigenvalue weighted by Gasteiger charge is -2.29. The van der Waals surface area contributed by atoms with E-state index in [1.807, 2.05) is 0 Å². The molecule has 33 heavy (non-hydrogen) atoms. The highest BCUT2D eigenvalue weighted by molar-refractivity contribution is 7.93. The van der Waals surface area contributed by atoms with E-state index in [9.17, 15) is 19.2 Å². The number of aliphatic imine (C=N–C) groups is 1. The third kappa shape index (κ3) is 5.18. The molecular weight excluding hydrogens is 442 g/mol. The first-order chi connectivity index (χ1) is 15.9. The summed E-state index contributed by atoms with van der Waals surface area (Å²) >= 11 is -2.03. The first-order valence-corrected chi connectivity index (χ1v) is 12.6. The third-order valence-electron chi connectivity index (χ3n) is 6.60. The first-order valence-electron chi connectivity index (χ1n) is 11.4. The lowest BCUT2D eigenvalue weighted by atomic mass is 9.99. The zero-order chi connectivity index (χ0) is 23.5. The van der Waals surface area contributed by atoms with Crippen LogP contribution in [0.3, 0.4) is 0 Å². The molecule has 4 rings (SSSR count). The van der Waals surface area contributed by atoms with Crippen LogP contribution < -0.4 is 15.8 Å². The van der Waals surface area contributed by atoms with Crippen LogP contribution in [-0.4, -0.2) is 58.5 Å². The van der Waals surface area contributed by atoms with E-state index in [1.54, 1.807) is 4.90 Å². The first kappa shape index (κ1) is 23.6. The predicted octanol–water partition coefficient (Wildman–Crippen LogP) is 1.30. The van der Waals surface area contributed by atoms with Gasteiger partial charge in [-0.1, -0.05) is 6.07 Å². The average Bonchev–Trinajstić information content (AvgIpc) is 3.46. The molecule has 0 radical (unpaired) electrons. The van der Waals surface area contributed by atoms with Crippen molar-refractivity contribution in [1.82, 2.24) is 9.62 Å². The fraction of sp³-hybridized carbons (Fsp3) is 0.522. The number of nitrogens with two attached hydrogens (primary N) is 1. The van der Waals surface area contributed by atoms with Gasteiger partial charge < -0.3 is 25.6 Å². The molecule has 5 N–H and O–H groups in total. The smallest absolute Gasteiger partial charge is 0.361 e. The molecule has 0 spiro atoms. The van der Waals surface area contributed by atoms with E-state index in [2.05, 4.69) is 21.1 Å². The van der Waals surface area contributed by atoms with Crippen LogP contribution in [0.5, 0.6) is 0 Å². The summed E-state index contributed by atoms with van der Waals surface area (Å²) in [4.78, 5) is 30.9. The molecule has 0 bridgehead atoms. The van der Waals surface area contributed by atoms with Crippen LogP contribution in [0.2, 0.25) is 0 Å². The van der Waals surface area contributed by atoms with Gasteiger partial charge in [0.1, 0.15) is 17.1 Å². The van der Waals surface area contributed by atoms with Gasteiger partial charge in [0.2, 0.25) is 5.03 Å². The van der Waals surface area contributed by atoms with Crippen LogP contribution in [0.4, 0.5) is 10.5 Å². The monoisotopic (exact) mass is 473 g/mol. The Bertz CT molecular complexity index is 969. The van der Waals surface area contributed by atoms with Crippen LogP contribution in [0.15, 0.2) is 22.2 Å². The number of aliphatic hydroxyl groups excluding tert-OH is 1. The minimum Gasteiger partial charge on any atom is -0.587 e. The van der Waals surface area contributed by atoms with Gasteiger partial charge in [-0.15, -0.1) is 4.72 Å². The third-order valence-corrected chi connectivity index (χ3v) is 7.52. The molecule has 0 saturated carbocycles. The van der Waals surface area contributed by atoms with Gasteiger partial charge in [-0.05, 0) is 73.6 Å². The van der Waals surface area contributed by atoms with Crippen LogP contribution in [0, 0.1) is 0 Å².